The summed E-state index contributed by atoms with van der Waals surface area (Å²) in [5.41, 5.74) is 0.0303. The van der Waals surface area contributed by atoms with Crippen molar-refractivity contribution < 1.29 is 22.9 Å². The van der Waals surface area contributed by atoms with E-state index in [4.69, 9.17) is 16.3 Å². The van der Waals surface area contributed by atoms with Gasteiger partial charge in [-0.3, -0.25) is 19.8 Å². The predicted molar refractivity (Wildman–Crippen MR) is 115 cm³/mol. The highest BCUT2D eigenvalue weighted by molar-refractivity contribution is 7.89. The second kappa shape index (κ2) is 9.60. The maximum atomic E-state index is 12.7. The van der Waals surface area contributed by atoms with Gasteiger partial charge in [0, 0.05) is 43.3 Å². The van der Waals surface area contributed by atoms with Crippen LogP contribution in [0.15, 0.2) is 47.4 Å². The Morgan fingerprint density at radius 3 is 2.39 bits per heavy atom. The summed E-state index contributed by atoms with van der Waals surface area (Å²) < 4.78 is 32.0. The second-order valence-corrected chi connectivity index (χ2v) is 9.20. The molecule has 10 nitrogen and oxygen atoms in total. The minimum absolute atomic E-state index is 0.0146. The van der Waals surface area contributed by atoms with Crippen molar-refractivity contribution in [3.05, 3.63) is 57.6 Å². The summed E-state index contributed by atoms with van der Waals surface area (Å²) in [5, 5.41) is 14.0. The van der Waals surface area contributed by atoms with Crippen LogP contribution in [0.3, 0.4) is 0 Å². The van der Waals surface area contributed by atoms with Crippen LogP contribution in [0.1, 0.15) is 0 Å². The Morgan fingerprint density at radius 1 is 1.16 bits per heavy atom. The first-order valence-corrected chi connectivity index (χ1v) is 11.1. The van der Waals surface area contributed by atoms with Crippen molar-refractivity contribution in [2.24, 2.45) is 0 Å². The largest absolute Gasteiger partial charge is 0.495 e. The minimum Gasteiger partial charge on any atom is -0.495 e. The molecule has 12 heteroatoms. The molecule has 0 saturated carbocycles. The summed E-state index contributed by atoms with van der Waals surface area (Å²) in [6.07, 6.45) is 0. The molecule has 1 saturated heterocycles. The smallest absolute Gasteiger partial charge is 0.271 e. The fourth-order valence-corrected chi connectivity index (χ4v) is 4.73. The minimum atomic E-state index is -3.63. The molecule has 31 heavy (non-hydrogen) atoms. The van der Waals surface area contributed by atoms with Gasteiger partial charge in [0.25, 0.3) is 5.69 Å². The van der Waals surface area contributed by atoms with Crippen molar-refractivity contribution in [1.82, 2.24) is 9.21 Å². The van der Waals surface area contributed by atoms with Crippen LogP contribution in [0.5, 0.6) is 5.75 Å². The Balaban J connectivity index is 1.59. The van der Waals surface area contributed by atoms with Gasteiger partial charge in [-0.1, -0.05) is 11.6 Å². The highest BCUT2D eigenvalue weighted by Gasteiger charge is 2.29. The number of nitrogens with zero attached hydrogens (tertiary/aromatic N) is 3. The third-order valence-corrected chi connectivity index (χ3v) is 6.98. The molecule has 0 aliphatic carbocycles. The number of carbonyl (C=O) groups excluding carboxylic acids is 1. The number of benzene rings is 2. The quantitative estimate of drug-likeness (QED) is 0.488. The van der Waals surface area contributed by atoms with Crippen LogP contribution < -0.4 is 10.1 Å². The molecule has 0 aromatic heterocycles. The third kappa shape index (κ3) is 5.50. The number of rotatable bonds is 7. The van der Waals surface area contributed by atoms with E-state index in [-0.39, 0.29) is 41.8 Å². The first kappa shape index (κ1) is 22.9. The number of piperazine rings is 1. The molecule has 1 N–H and O–H groups in total. The van der Waals surface area contributed by atoms with Crippen LogP contribution in [0.4, 0.5) is 11.4 Å². The fraction of sp³-hybridized carbons (Fsp3) is 0.316. The number of anilines is 1. The number of hydrogen-bond acceptors (Lipinski definition) is 7. The maximum Gasteiger partial charge on any atom is 0.271 e. The molecule has 3 rings (SSSR count). The number of ether oxygens (including phenoxy) is 1. The summed E-state index contributed by atoms with van der Waals surface area (Å²) in [6.45, 7) is 1.22. The van der Waals surface area contributed by atoms with E-state index in [2.05, 4.69) is 5.32 Å². The summed E-state index contributed by atoms with van der Waals surface area (Å²) in [7, 11) is -2.23. The van der Waals surface area contributed by atoms with Crippen molar-refractivity contribution >= 4 is 38.9 Å². The molecule has 0 atom stereocenters. The molecule has 0 spiro atoms. The van der Waals surface area contributed by atoms with Crippen LogP contribution in [0.25, 0.3) is 0 Å². The molecule has 0 radical (unpaired) electrons. The van der Waals surface area contributed by atoms with Gasteiger partial charge in [0.15, 0.2) is 0 Å². The number of amides is 1. The molecule has 166 valence electrons. The topological polar surface area (TPSA) is 122 Å². The summed E-state index contributed by atoms with van der Waals surface area (Å²) in [6, 6.07) is 9.90. The van der Waals surface area contributed by atoms with E-state index >= 15 is 0 Å². The lowest BCUT2D eigenvalue weighted by atomic mass is 10.2. The zero-order valence-electron chi connectivity index (χ0n) is 16.7. The number of sulfonamides is 1. The molecule has 2 aromatic rings. The molecule has 1 aliphatic heterocycles. The Kier molecular flexibility index (Phi) is 7.11. The van der Waals surface area contributed by atoms with Crippen molar-refractivity contribution in [3.63, 3.8) is 0 Å². The van der Waals surface area contributed by atoms with E-state index in [1.165, 1.54) is 53.9 Å². The SMILES string of the molecule is COc1ccc([N+](=O)[O-])cc1NC(=O)CN1CCN(S(=O)(=O)c2ccc(Cl)cc2)CC1. The highest BCUT2D eigenvalue weighted by Crippen LogP contribution is 2.29. The summed E-state index contributed by atoms with van der Waals surface area (Å²) in [5.74, 6) is -0.0781. The normalized spacial score (nSPS) is 15.4. The fourth-order valence-electron chi connectivity index (χ4n) is 3.18. The Bertz CT molecular complexity index is 1070. The molecular formula is C19H21ClN4O6S. The number of nitro benzene ring substituents is 1. The monoisotopic (exact) mass is 468 g/mol. The number of halogens is 1. The molecule has 2 aromatic carbocycles. The first-order valence-electron chi connectivity index (χ1n) is 9.31. The lowest BCUT2D eigenvalue weighted by Gasteiger charge is -2.33. The van der Waals surface area contributed by atoms with Gasteiger partial charge in [-0.25, -0.2) is 8.42 Å². The molecule has 1 amide bonds. The van der Waals surface area contributed by atoms with Gasteiger partial charge in [0.2, 0.25) is 15.9 Å². The molecule has 1 fully saturated rings. The number of nitro groups is 1. The van der Waals surface area contributed by atoms with Crippen LogP contribution in [-0.4, -0.2) is 68.3 Å². The van der Waals surface area contributed by atoms with E-state index in [1.807, 2.05) is 4.90 Å². The van der Waals surface area contributed by atoms with Gasteiger partial charge in [-0.05, 0) is 30.3 Å². The lowest BCUT2D eigenvalue weighted by Crippen LogP contribution is -2.50. The first-order chi connectivity index (χ1) is 14.7. The van der Waals surface area contributed by atoms with E-state index in [9.17, 15) is 23.3 Å². The predicted octanol–water partition coefficient (Wildman–Crippen LogP) is 2.20. The third-order valence-electron chi connectivity index (χ3n) is 4.82. The maximum absolute atomic E-state index is 12.7. The average Bonchev–Trinajstić information content (AvgIpc) is 2.74. The average molecular weight is 469 g/mol. The lowest BCUT2D eigenvalue weighted by molar-refractivity contribution is -0.384. The van der Waals surface area contributed by atoms with Crippen LogP contribution in [0, 0.1) is 10.1 Å². The highest BCUT2D eigenvalue weighted by atomic mass is 35.5. The van der Waals surface area contributed by atoms with E-state index < -0.39 is 14.9 Å². The summed E-state index contributed by atoms with van der Waals surface area (Å²) >= 11 is 5.82. The van der Waals surface area contributed by atoms with Gasteiger partial charge in [-0.15, -0.1) is 0 Å². The standard InChI is InChI=1S/C19H21ClN4O6S/c1-30-18-7-4-15(24(26)27)12-17(18)21-19(25)13-22-8-10-23(11-9-22)31(28,29)16-5-2-14(20)3-6-16/h2-7,12H,8-11,13H2,1H3,(H,21,25). The number of carbonyl (C=O) groups is 1. The zero-order chi connectivity index (χ0) is 22.6. The zero-order valence-corrected chi connectivity index (χ0v) is 18.2. The van der Waals surface area contributed by atoms with Crippen molar-refractivity contribution in [3.8, 4) is 5.75 Å². The van der Waals surface area contributed by atoms with Crippen molar-refractivity contribution in [2.45, 2.75) is 4.90 Å². The van der Waals surface area contributed by atoms with E-state index in [1.54, 1.807) is 0 Å². The Hall–Kier alpha value is -2.73. The van der Waals surface area contributed by atoms with Crippen LogP contribution in [-0.2, 0) is 14.8 Å². The summed E-state index contributed by atoms with van der Waals surface area (Å²) in [4.78, 5) is 24.8. The number of methoxy groups -OCH3 is 1. The molecule has 1 aliphatic rings. The second-order valence-electron chi connectivity index (χ2n) is 6.82. The van der Waals surface area contributed by atoms with Crippen LogP contribution in [0.2, 0.25) is 5.02 Å². The Morgan fingerprint density at radius 2 is 1.81 bits per heavy atom. The van der Waals surface area contributed by atoms with Gasteiger partial charge >= 0.3 is 0 Å². The van der Waals surface area contributed by atoms with E-state index in [0.29, 0.717) is 23.9 Å². The molecule has 0 unspecified atom stereocenters. The molecule has 0 bridgehead atoms. The molecule has 1 heterocycles. The van der Waals surface area contributed by atoms with Crippen molar-refractivity contribution in [2.75, 3.05) is 45.2 Å². The van der Waals surface area contributed by atoms with Crippen LogP contribution >= 0.6 is 11.6 Å². The van der Waals surface area contributed by atoms with Crippen molar-refractivity contribution in [1.29, 1.82) is 0 Å². The number of nitrogens with one attached hydrogen (secondary N) is 1. The number of hydrogen-bond donors (Lipinski definition) is 1. The number of non-ortho nitro benzene ring substituents is 1. The Labute approximate surface area is 184 Å². The van der Waals surface area contributed by atoms with Gasteiger partial charge in [-0.2, -0.15) is 4.31 Å². The van der Waals surface area contributed by atoms with Gasteiger partial charge in [0.1, 0.15) is 5.75 Å². The molecular weight excluding hydrogens is 448 g/mol. The van der Waals surface area contributed by atoms with Gasteiger partial charge < -0.3 is 10.1 Å². The van der Waals surface area contributed by atoms with Gasteiger partial charge in [0.05, 0.1) is 29.2 Å². The van der Waals surface area contributed by atoms with E-state index in [0.717, 1.165) is 0 Å².